The van der Waals surface area contributed by atoms with Gasteiger partial charge in [-0.3, -0.25) is 9.59 Å². The molecule has 2 aromatic rings. The van der Waals surface area contributed by atoms with Crippen LogP contribution in [0.2, 0.25) is 0 Å². The Morgan fingerprint density at radius 3 is 2.44 bits per heavy atom. The first-order chi connectivity index (χ1) is 13.0. The fourth-order valence-electron chi connectivity index (χ4n) is 3.19. The number of hydrogen-bond acceptors (Lipinski definition) is 4. The number of piperidine rings is 1. The van der Waals surface area contributed by atoms with Crippen molar-refractivity contribution in [1.29, 1.82) is 0 Å². The molecule has 2 amide bonds. The molecule has 2 heterocycles. The standard InChI is InChI=1S/C20H24BrN3O3/c1-2-24-11-9-16(10-12-24)22-19(25)13-14-3-5-15(6-4-14)23-20(26)17-7-8-18(21)27-17/h3-8,16H,2,9-13H2,1H3,(H,22,25)(H,23,26). The van der Waals surface area contributed by atoms with Crippen LogP contribution in [-0.4, -0.2) is 42.4 Å². The van der Waals surface area contributed by atoms with Gasteiger partial charge in [-0.05, 0) is 65.1 Å². The smallest absolute Gasteiger partial charge is 0.291 e. The number of anilines is 1. The normalized spacial score (nSPS) is 15.5. The second-order valence-electron chi connectivity index (χ2n) is 6.71. The number of likely N-dealkylation sites (tertiary alicyclic amines) is 1. The lowest BCUT2D eigenvalue weighted by Gasteiger charge is -2.31. The molecule has 1 aliphatic rings. The number of nitrogens with one attached hydrogen (secondary N) is 2. The summed E-state index contributed by atoms with van der Waals surface area (Å²) in [7, 11) is 0. The van der Waals surface area contributed by atoms with Crippen LogP contribution in [0.25, 0.3) is 0 Å². The summed E-state index contributed by atoms with van der Waals surface area (Å²) in [6.45, 7) is 5.32. The SMILES string of the molecule is CCN1CCC(NC(=O)Cc2ccc(NC(=O)c3ccc(Br)o3)cc2)CC1. The number of benzene rings is 1. The molecular formula is C20H24BrN3O3. The highest BCUT2D eigenvalue weighted by atomic mass is 79.9. The summed E-state index contributed by atoms with van der Waals surface area (Å²) in [6, 6.07) is 10.8. The number of nitrogens with zero attached hydrogens (tertiary/aromatic N) is 1. The van der Waals surface area contributed by atoms with Crippen LogP contribution in [-0.2, 0) is 11.2 Å². The van der Waals surface area contributed by atoms with Crippen LogP contribution < -0.4 is 10.6 Å². The summed E-state index contributed by atoms with van der Waals surface area (Å²) in [6.07, 6.45) is 2.36. The molecule has 0 saturated carbocycles. The Balaban J connectivity index is 1.47. The summed E-state index contributed by atoms with van der Waals surface area (Å²) in [5, 5.41) is 5.90. The molecule has 0 radical (unpaired) electrons. The first kappa shape index (κ1) is 19.6. The Labute approximate surface area is 167 Å². The van der Waals surface area contributed by atoms with Gasteiger partial charge >= 0.3 is 0 Å². The van der Waals surface area contributed by atoms with Gasteiger partial charge in [0, 0.05) is 24.8 Å². The fourth-order valence-corrected chi connectivity index (χ4v) is 3.50. The average Bonchev–Trinajstić information content (AvgIpc) is 3.10. The molecule has 1 aromatic carbocycles. The predicted molar refractivity (Wildman–Crippen MR) is 108 cm³/mol. The van der Waals surface area contributed by atoms with E-state index in [1.807, 2.05) is 12.1 Å². The topological polar surface area (TPSA) is 74.6 Å². The molecule has 6 nitrogen and oxygen atoms in total. The Hall–Kier alpha value is -2.12. The van der Waals surface area contributed by atoms with Crippen LogP contribution in [0.1, 0.15) is 35.9 Å². The number of amides is 2. The minimum Gasteiger partial charge on any atom is -0.444 e. The van der Waals surface area contributed by atoms with Gasteiger partial charge in [0.25, 0.3) is 5.91 Å². The number of furan rings is 1. The average molecular weight is 434 g/mol. The third kappa shape index (κ3) is 5.68. The Morgan fingerprint density at radius 2 is 1.85 bits per heavy atom. The predicted octanol–water partition coefficient (Wildman–Crippen LogP) is 3.44. The summed E-state index contributed by atoms with van der Waals surface area (Å²) in [5.41, 5.74) is 1.57. The summed E-state index contributed by atoms with van der Waals surface area (Å²) >= 11 is 3.17. The van der Waals surface area contributed by atoms with E-state index >= 15 is 0 Å². The first-order valence-corrected chi connectivity index (χ1v) is 10.00. The van der Waals surface area contributed by atoms with E-state index in [4.69, 9.17) is 4.42 Å². The molecular weight excluding hydrogens is 410 g/mol. The summed E-state index contributed by atoms with van der Waals surface area (Å²) in [4.78, 5) is 26.7. The van der Waals surface area contributed by atoms with Crippen LogP contribution in [0.3, 0.4) is 0 Å². The quantitative estimate of drug-likeness (QED) is 0.731. The van der Waals surface area contributed by atoms with Gasteiger partial charge in [0.05, 0.1) is 6.42 Å². The van der Waals surface area contributed by atoms with Crippen molar-refractivity contribution < 1.29 is 14.0 Å². The third-order valence-corrected chi connectivity index (χ3v) is 5.20. The minimum atomic E-state index is -0.315. The lowest BCUT2D eigenvalue weighted by molar-refractivity contribution is -0.121. The van der Waals surface area contributed by atoms with Gasteiger partial charge in [0.15, 0.2) is 10.4 Å². The van der Waals surface area contributed by atoms with Gasteiger partial charge in [-0.15, -0.1) is 0 Å². The van der Waals surface area contributed by atoms with E-state index in [2.05, 4.69) is 38.4 Å². The maximum Gasteiger partial charge on any atom is 0.291 e. The van der Waals surface area contributed by atoms with E-state index in [1.165, 1.54) is 0 Å². The fraction of sp³-hybridized carbons (Fsp3) is 0.400. The van der Waals surface area contributed by atoms with Gasteiger partial charge in [0.1, 0.15) is 0 Å². The van der Waals surface area contributed by atoms with E-state index in [0.717, 1.165) is 38.0 Å². The molecule has 3 rings (SSSR count). The zero-order valence-electron chi connectivity index (χ0n) is 15.3. The van der Waals surface area contributed by atoms with Crippen molar-refractivity contribution in [2.24, 2.45) is 0 Å². The Kier molecular flexibility index (Phi) is 6.68. The highest BCUT2D eigenvalue weighted by Crippen LogP contribution is 2.17. The van der Waals surface area contributed by atoms with Crippen LogP contribution in [0.4, 0.5) is 5.69 Å². The van der Waals surface area contributed by atoms with Crippen molar-refractivity contribution in [2.45, 2.75) is 32.2 Å². The monoisotopic (exact) mass is 433 g/mol. The molecule has 0 unspecified atom stereocenters. The van der Waals surface area contributed by atoms with E-state index < -0.39 is 0 Å². The van der Waals surface area contributed by atoms with E-state index in [0.29, 0.717) is 16.8 Å². The summed E-state index contributed by atoms with van der Waals surface area (Å²) in [5.74, 6) is -0.0359. The first-order valence-electron chi connectivity index (χ1n) is 9.21. The molecule has 0 atom stereocenters. The zero-order valence-corrected chi connectivity index (χ0v) is 16.9. The lowest BCUT2D eigenvalue weighted by Crippen LogP contribution is -2.44. The minimum absolute atomic E-state index is 0.0437. The molecule has 1 aliphatic heterocycles. The molecule has 27 heavy (non-hydrogen) atoms. The van der Waals surface area contributed by atoms with Gasteiger partial charge in [-0.1, -0.05) is 19.1 Å². The Morgan fingerprint density at radius 1 is 1.15 bits per heavy atom. The maximum atomic E-state index is 12.3. The van der Waals surface area contributed by atoms with Gasteiger partial charge in [0.2, 0.25) is 5.91 Å². The second-order valence-corrected chi connectivity index (χ2v) is 7.49. The number of carbonyl (C=O) groups excluding carboxylic acids is 2. The van der Waals surface area contributed by atoms with Crippen LogP contribution in [0, 0.1) is 0 Å². The lowest BCUT2D eigenvalue weighted by atomic mass is 10.0. The van der Waals surface area contributed by atoms with Crippen molar-refractivity contribution in [3.63, 3.8) is 0 Å². The second kappa shape index (κ2) is 9.19. The van der Waals surface area contributed by atoms with Crippen LogP contribution >= 0.6 is 15.9 Å². The van der Waals surface area contributed by atoms with Crippen LogP contribution in [0.15, 0.2) is 45.5 Å². The van der Waals surface area contributed by atoms with Gasteiger partial charge in [-0.25, -0.2) is 0 Å². The molecule has 0 bridgehead atoms. The highest BCUT2D eigenvalue weighted by Gasteiger charge is 2.19. The molecule has 0 spiro atoms. The Bertz CT molecular complexity index is 780. The highest BCUT2D eigenvalue weighted by molar-refractivity contribution is 9.10. The van der Waals surface area contributed by atoms with Crippen LogP contribution in [0.5, 0.6) is 0 Å². The van der Waals surface area contributed by atoms with Crippen molar-refractivity contribution in [2.75, 3.05) is 25.0 Å². The molecule has 1 aromatic heterocycles. The van der Waals surface area contributed by atoms with Gasteiger partial charge in [-0.2, -0.15) is 0 Å². The number of rotatable bonds is 6. The molecule has 1 saturated heterocycles. The van der Waals surface area contributed by atoms with Crippen molar-refractivity contribution >= 4 is 33.4 Å². The van der Waals surface area contributed by atoms with Crippen molar-refractivity contribution in [1.82, 2.24) is 10.2 Å². The van der Waals surface area contributed by atoms with E-state index in [9.17, 15) is 9.59 Å². The van der Waals surface area contributed by atoms with E-state index in [1.54, 1.807) is 24.3 Å². The summed E-state index contributed by atoms with van der Waals surface area (Å²) < 4.78 is 5.74. The third-order valence-electron chi connectivity index (χ3n) is 4.77. The van der Waals surface area contributed by atoms with E-state index in [-0.39, 0.29) is 23.6 Å². The number of carbonyl (C=O) groups is 2. The molecule has 0 aliphatic carbocycles. The largest absolute Gasteiger partial charge is 0.444 e. The molecule has 144 valence electrons. The zero-order chi connectivity index (χ0) is 19.2. The maximum absolute atomic E-state index is 12.3. The number of hydrogen-bond donors (Lipinski definition) is 2. The molecule has 7 heteroatoms. The van der Waals surface area contributed by atoms with Gasteiger partial charge < -0.3 is 20.0 Å². The molecule has 2 N–H and O–H groups in total. The molecule has 1 fully saturated rings. The number of halogens is 1. The van der Waals surface area contributed by atoms with Crippen molar-refractivity contribution in [3.8, 4) is 0 Å². The van der Waals surface area contributed by atoms with Crippen molar-refractivity contribution in [3.05, 3.63) is 52.4 Å².